The highest BCUT2D eigenvalue weighted by Crippen LogP contribution is 2.23. The molecule has 0 radical (unpaired) electrons. The lowest BCUT2D eigenvalue weighted by molar-refractivity contribution is 0.0240. The van der Waals surface area contributed by atoms with Crippen LogP contribution >= 0.6 is 0 Å². The normalized spacial score (nSPS) is 15.2. The topological polar surface area (TPSA) is 78.5 Å². The standard InChI is InChI=1S/C21H24N4O3/c1-21(2,3)28-20(27)25-12-10-24(11-13-25)17-9-8-16-18(23-17)14-6-4-5-7-15(14)19(26)22-16/h4-9H,10-13H2,1-3H3,(H,22,26). The number of anilines is 1. The molecular formula is C21H24N4O3. The van der Waals surface area contributed by atoms with E-state index in [1.807, 2.05) is 57.2 Å². The first kappa shape index (κ1) is 18.3. The van der Waals surface area contributed by atoms with Crippen molar-refractivity contribution in [2.75, 3.05) is 31.1 Å². The van der Waals surface area contributed by atoms with E-state index in [4.69, 9.17) is 9.72 Å². The number of rotatable bonds is 1. The van der Waals surface area contributed by atoms with Crippen molar-refractivity contribution in [3.63, 3.8) is 0 Å². The third-order valence-corrected chi connectivity index (χ3v) is 4.81. The van der Waals surface area contributed by atoms with Gasteiger partial charge in [-0.15, -0.1) is 0 Å². The van der Waals surface area contributed by atoms with Gasteiger partial charge in [0.2, 0.25) is 0 Å². The van der Waals surface area contributed by atoms with E-state index in [0.717, 1.165) is 22.2 Å². The van der Waals surface area contributed by atoms with E-state index < -0.39 is 5.60 Å². The highest BCUT2D eigenvalue weighted by molar-refractivity contribution is 6.03. The number of nitrogens with one attached hydrogen (secondary N) is 1. The molecule has 1 aliphatic heterocycles. The Morgan fingerprint density at radius 3 is 2.39 bits per heavy atom. The molecule has 0 spiro atoms. The molecule has 0 saturated carbocycles. The number of pyridine rings is 2. The number of nitrogens with zero attached hydrogens (tertiary/aromatic N) is 3. The van der Waals surface area contributed by atoms with Crippen LogP contribution < -0.4 is 10.5 Å². The highest BCUT2D eigenvalue weighted by atomic mass is 16.6. The maximum atomic E-state index is 12.2. The molecule has 1 aliphatic rings. The molecule has 1 fully saturated rings. The van der Waals surface area contributed by atoms with Crippen LogP contribution in [0.25, 0.3) is 21.8 Å². The number of ether oxygens (including phenoxy) is 1. The molecule has 1 aromatic carbocycles. The quantitative estimate of drug-likeness (QED) is 0.656. The van der Waals surface area contributed by atoms with Crippen molar-refractivity contribution in [3.8, 4) is 0 Å². The molecule has 1 amide bonds. The van der Waals surface area contributed by atoms with Crippen LogP contribution in [0.1, 0.15) is 20.8 Å². The van der Waals surface area contributed by atoms with Gasteiger partial charge in [0, 0.05) is 37.0 Å². The molecule has 7 heteroatoms. The summed E-state index contributed by atoms with van der Waals surface area (Å²) in [5.41, 5.74) is 0.900. The molecule has 2 aromatic heterocycles. The molecule has 4 rings (SSSR count). The van der Waals surface area contributed by atoms with Gasteiger partial charge in [0.05, 0.1) is 11.0 Å². The zero-order valence-electron chi connectivity index (χ0n) is 16.4. The van der Waals surface area contributed by atoms with Gasteiger partial charge in [0.1, 0.15) is 11.4 Å². The molecule has 28 heavy (non-hydrogen) atoms. The van der Waals surface area contributed by atoms with Gasteiger partial charge < -0.3 is 19.5 Å². The largest absolute Gasteiger partial charge is 0.444 e. The lowest BCUT2D eigenvalue weighted by Gasteiger charge is -2.36. The SMILES string of the molecule is CC(C)(C)OC(=O)N1CCN(c2ccc3[nH]c(=O)c4ccccc4c3n2)CC1. The van der Waals surface area contributed by atoms with Gasteiger partial charge in [-0.2, -0.15) is 0 Å². The molecule has 1 saturated heterocycles. The van der Waals surface area contributed by atoms with Crippen LogP contribution in [0.5, 0.6) is 0 Å². The van der Waals surface area contributed by atoms with Crippen molar-refractivity contribution < 1.29 is 9.53 Å². The molecule has 1 N–H and O–H groups in total. The second-order valence-electron chi connectivity index (χ2n) is 8.02. The lowest BCUT2D eigenvalue weighted by Crippen LogP contribution is -2.50. The number of carbonyl (C=O) groups is 1. The Kier molecular flexibility index (Phi) is 4.45. The highest BCUT2D eigenvalue weighted by Gasteiger charge is 2.26. The third kappa shape index (κ3) is 3.52. The van der Waals surface area contributed by atoms with Gasteiger partial charge in [-0.1, -0.05) is 18.2 Å². The van der Waals surface area contributed by atoms with E-state index in [-0.39, 0.29) is 11.7 Å². The third-order valence-electron chi connectivity index (χ3n) is 4.81. The van der Waals surface area contributed by atoms with E-state index in [2.05, 4.69) is 9.88 Å². The first-order valence-electron chi connectivity index (χ1n) is 9.46. The van der Waals surface area contributed by atoms with Crippen LogP contribution in [0.3, 0.4) is 0 Å². The number of aromatic nitrogens is 2. The summed E-state index contributed by atoms with van der Waals surface area (Å²) in [5, 5.41) is 1.48. The summed E-state index contributed by atoms with van der Waals surface area (Å²) >= 11 is 0. The minimum Gasteiger partial charge on any atom is -0.444 e. The van der Waals surface area contributed by atoms with Crippen LogP contribution in [-0.2, 0) is 4.74 Å². The maximum Gasteiger partial charge on any atom is 0.410 e. The number of carbonyl (C=O) groups excluding carboxylic acids is 1. The van der Waals surface area contributed by atoms with Crippen molar-refractivity contribution in [2.45, 2.75) is 26.4 Å². The molecule has 0 aliphatic carbocycles. The minimum absolute atomic E-state index is 0.108. The van der Waals surface area contributed by atoms with Gasteiger partial charge in [-0.25, -0.2) is 9.78 Å². The molecule has 0 unspecified atom stereocenters. The summed E-state index contributed by atoms with van der Waals surface area (Å²) in [6.07, 6.45) is -0.276. The summed E-state index contributed by atoms with van der Waals surface area (Å²) < 4.78 is 5.45. The van der Waals surface area contributed by atoms with E-state index in [9.17, 15) is 9.59 Å². The fraction of sp³-hybridized carbons (Fsp3) is 0.381. The van der Waals surface area contributed by atoms with Crippen LogP contribution in [-0.4, -0.2) is 52.7 Å². The Labute approximate surface area is 162 Å². The van der Waals surface area contributed by atoms with Crippen LogP contribution in [0.2, 0.25) is 0 Å². The first-order valence-corrected chi connectivity index (χ1v) is 9.46. The van der Waals surface area contributed by atoms with E-state index >= 15 is 0 Å². The molecular weight excluding hydrogens is 356 g/mol. The van der Waals surface area contributed by atoms with Crippen molar-refractivity contribution in [3.05, 3.63) is 46.8 Å². The Bertz CT molecular complexity index is 1090. The summed E-state index contributed by atoms with van der Waals surface area (Å²) in [5.74, 6) is 0.841. The van der Waals surface area contributed by atoms with Crippen LogP contribution in [0.15, 0.2) is 41.2 Å². The summed E-state index contributed by atoms with van der Waals surface area (Å²) in [7, 11) is 0. The predicted octanol–water partition coefficient (Wildman–Crippen LogP) is 3.13. The van der Waals surface area contributed by atoms with Crippen LogP contribution in [0, 0.1) is 0 Å². The molecule has 3 heterocycles. The first-order chi connectivity index (χ1) is 13.3. The molecule has 0 atom stereocenters. The number of amides is 1. The summed E-state index contributed by atoms with van der Waals surface area (Å²) in [4.78, 5) is 36.1. The number of hydrogen-bond donors (Lipinski definition) is 1. The van der Waals surface area contributed by atoms with Gasteiger partial charge in [-0.3, -0.25) is 4.79 Å². The Morgan fingerprint density at radius 1 is 1.04 bits per heavy atom. The molecule has 7 nitrogen and oxygen atoms in total. The molecule has 146 valence electrons. The number of hydrogen-bond acceptors (Lipinski definition) is 5. The van der Waals surface area contributed by atoms with Crippen molar-refractivity contribution in [1.29, 1.82) is 0 Å². The van der Waals surface area contributed by atoms with Crippen molar-refractivity contribution in [1.82, 2.24) is 14.9 Å². The Morgan fingerprint density at radius 2 is 1.71 bits per heavy atom. The lowest BCUT2D eigenvalue weighted by atomic mass is 10.1. The van der Waals surface area contributed by atoms with Gasteiger partial charge in [0.15, 0.2) is 0 Å². The van der Waals surface area contributed by atoms with E-state index in [1.165, 1.54) is 0 Å². The van der Waals surface area contributed by atoms with Crippen LogP contribution in [0.4, 0.5) is 10.6 Å². The minimum atomic E-state index is -0.494. The van der Waals surface area contributed by atoms with Crippen molar-refractivity contribution in [2.24, 2.45) is 0 Å². The summed E-state index contributed by atoms with van der Waals surface area (Å²) in [6.45, 7) is 8.14. The number of benzene rings is 1. The van der Waals surface area contributed by atoms with Crippen molar-refractivity contribution >= 4 is 33.7 Å². The number of piperazine rings is 1. The monoisotopic (exact) mass is 380 g/mol. The molecule has 3 aromatic rings. The second-order valence-corrected chi connectivity index (χ2v) is 8.02. The molecule has 0 bridgehead atoms. The zero-order valence-corrected chi connectivity index (χ0v) is 16.4. The summed E-state index contributed by atoms with van der Waals surface area (Å²) in [6, 6.07) is 11.3. The fourth-order valence-electron chi connectivity index (χ4n) is 3.45. The Hall–Kier alpha value is -3.09. The second kappa shape index (κ2) is 6.82. The van der Waals surface area contributed by atoms with E-state index in [0.29, 0.717) is 31.6 Å². The maximum absolute atomic E-state index is 12.2. The number of fused-ring (bicyclic) bond motifs is 3. The predicted molar refractivity (Wildman–Crippen MR) is 110 cm³/mol. The smallest absolute Gasteiger partial charge is 0.410 e. The average Bonchev–Trinajstić information content (AvgIpc) is 2.67. The zero-order chi connectivity index (χ0) is 19.9. The fourth-order valence-corrected chi connectivity index (χ4v) is 3.45. The Balaban J connectivity index is 1.58. The number of aromatic amines is 1. The average molecular weight is 380 g/mol. The van der Waals surface area contributed by atoms with Gasteiger partial charge in [0.25, 0.3) is 5.56 Å². The van der Waals surface area contributed by atoms with Gasteiger partial charge in [-0.05, 0) is 39.0 Å². The van der Waals surface area contributed by atoms with Gasteiger partial charge >= 0.3 is 6.09 Å². The number of H-pyrrole nitrogens is 1. The van der Waals surface area contributed by atoms with E-state index in [1.54, 1.807) is 4.90 Å².